The van der Waals surface area contributed by atoms with Crippen LogP contribution in [0.2, 0.25) is 0 Å². The number of benzene rings is 1. The van der Waals surface area contributed by atoms with E-state index in [0.29, 0.717) is 0 Å². The first kappa shape index (κ1) is 12.9. The van der Waals surface area contributed by atoms with Gasteiger partial charge in [0.05, 0.1) is 4.92 Å². The van der Waals surface area contributed by atoms with Crippen LogP contribution in [-0.2, 0) is 9.53 Å². The van der Waals surface area contributed by atoms with Gasteiger partial charge in [-0.1, -0.05) is 0 Å². The van der Waals surface area contributed by atoms with Gasteiger partial charge in [0, 0.05) is 23.8 Å². The lowest BCUT2D eigenvalue weighted by Crippen LogP contribution is -2.28. The van der Waals surface area contributed by atoms with Gasteiger partial charge in [0.25, 0.3) is 5.69 Å². The molecule has 6 heteroatoms. The Balaban J connectivity index is 2.24. The van der Waals surface area contributed by atoms with E-state index < -0.39 is 16.3 Å². The molecule has 1 aliphatic heterocycles. The molecule has 0 unspecified atom stereocenters. The van der Waals surface area contributed by atoms with Crippen LogP contribution < -0.4 is 0 Å². The molecule has 0 fully saturated rings. The van der Waals surface area contributed by atoms with Gasteiger partial charge in [-0.15, -0.1) is 0 Å². The number of nitrogens with zero attached hydrogens (tertiary/aromatic N) is 1. The summed E-state index contributed by atoms with van der Waals surface area (Å²) in [6, 6.07) is 5.13. The lowest BCUT2D eigenvalue weighted by molar-refractivity contribution is -0.384. The molecule has 0 aromatic heterocycles. The molecule has 0 N–H and O–H groups in total. The fourth-order valence-corrected chi connectivity index (χ4v) is 1.64. The van der Waals surface area contributed by atoms with Gasteiger partial charge in [-0.2, -0.15) is 0 Å². The molecule has 0 radical (unpaired) electrons. The summed E-state index contributed by atoms with van der Waals surface area (Å²) in [6.45, 7) is 3.14. The van der Waals surface area contributed by atoms with Crippen LogP contribution in [0.4, 0.5) is 5.69 Å². The Hall–Kier alpha value is -2.50. The van der Waals surface area contributed by atoms with Gasteiger partial charge in [0.2, 0.25) is 11.6 Å². The summed E-state index contributed by atoms with van der Waals surface area (Å²) >= 11 is 0. The van der Waals surface area contributed by atoms with Crippen LogP contribution in [0.5, 0.6) is 0 Å². The number of nitro benzene ring substituents is 1. The van der Waals surface area contributed by atoms with Crippen molar-refractivity contribution in [2.24, 2.45) is 0 Å². The minimum Gasteiger partial charge on any atom is -0.475 e. The highest BCUT2D eigenvalue weighted by atomic mass is 16.6. The van der Waals surface area contributed by atoms with Crippen molar-refractivity contribution < 1.29 is 19.2 Å². The van der Waals surface area contributed by atoms with Crippen molar-refractivity contribution in [3.63, 3.8) is 0 Å². The van der Waals surface area contributed by atoms with Crippen LogP contribution in [0.1, 0.15) is 24.2 Å². The van der Waals surface area contributed by atoms with Crippen LogP contribution in [0.25, 0.3) is 0 Å². The van der Waals surface area contributed by atoms with Crippen molar-refractivity contribution in [1.82, 2.24) is 0 Å². The molecule has 1 aromatic rings. The number of allylic oxidation sites excluding steroid dienone is 1. The second kappa shape index (κ2) is 4.31. The molecular formula is C13H11NO5. The summed E-state index contributed by atoms with van der Waals surface area (Å²) in [7, 11) is 0. The zero-order valence-corrected chi connectivity index (χ0v) is 10.4. The summed E-state index contributed by atoms with van der Waals surface area (Å²) in [5, 5.41) is 10.5. The Morgan fingerprint density at radius 1 is 1.26 bits per heavy atom. The Bertz CT molecular complexity index is 598. The third-order valence-electron chi connectivity index (χ3n) is 2.78. The summed E-state index contributed by atoms with van der Waals surface area (Å²) in [5.41, 5.74) is -0.900. The zero-order chi connectivity index (χ0) is 14.2. The maximum Gasteiger partial charge on any atom is 0.269 e. The third-order valence-corrected chi connectivity index (χ3v) is 2.78. The topological polar surface area (TPSA) is 86.5 Å². The number of hydrogen-bond donors (Lipinski definition) is 0. The number of carbonyl (C=O) groups is 2. The molecule has 98 valence electrons. The van der Waals surface area contributed by atoms with E-state index in [1.165, 1.54) is 24.3 Å². The molecule has 0 saturated heterocycles. The molecular weight excluding hydrogens is 250 g/mol. The summed E-state index contributed by atoms with van der Waals surface area (Å²) < 4.78 is 5.28. The Labute approximate surface area is 108 Å². The normalized spacial score (nSPS) is 16.7. The lowest BCUT2D eigenvalue weighted by Gasteiger charge is -2.17. The van der Waals surface area contributed by atoms with Crippen molar-refractivity contribution in [3.05, 3.63) is 51.8 Å². The molecule has 1 aliphatic rings. The molecule has 6 nitrogen and oxygen atoms in total. The van der Waals surface area contributed by atoms with Gasteiger partial charge >= 0.3 is 0 Å². The molecule has 1 heterocycles. The number of nitro groups is 1. The van der Waals surface area contributed by atoms with E-state index in [-0.39, 0.29) is 22.8 Å². The van der Waals surface area contributed by atoms with E-state index in [2.05, 4.69) is 0 Å². The quantitative estimate of drug-likeness (QED) is 0.472. The minimum atomic E-state index is -1.04. The smallest absolute Gasteiger partial charge is 0.269 e. The van der Waals surface area contributed by atoms with Crippen molar-refractivity contribution in [2.45, 2.75) is 19.4 Å². The van der Waals surface area contributed by atoms with Gasteiger partial charge in [0.1, 0.15) is 0 Å². The second-order valence-corrected chi connectivity index (χ2v) is 4.62. The molecule has 0 amide bonds. The molecule has 19 heavy (non-hydrogen) atoms. The van der Waals surface area contributed by atoms with E-state index in [0.717, 1.165) is 6.08 Å². The molecule has 0 saturated carbocycles. The Morgan fingerprint density at radius 3 is 2.26 bits per heavy atom. The van der Waals surface area contributed by atoms with Crippen molar-refractivity contribution in [2.75, 3.05) is 0 Å². The Morgan fingerprint density at radius 2 is 1.84 bits per heavy atom. The molecule has 0 spiro atoms. The van der Waals surface area contributed by atoms with Crippen LogP contribution in [0.15, 0.2) is 36.1 Å². The summed E-state index contributed by atoms with van der Waals surface area (Å²) in [6.07, 6.45) is 1.16. The first-order valence-corrected chi connectivity index (χ1v) is 5.55. The number of hydrogen-bond acceptors (Lipinski definition) is 5. The van der Waals surface area contributed by atoms with Crippen LogP contribution >= 0.6 is 0 Å². The van der Waals surface area contributed by atoms with E-state index in [4.69, 9.17) is 4.74 Å². The predicted molar refractivity (Wildman–Crippen MR) is 65.7 cm³/mol. The lowest BCUT2D eigenvalue weighted by atomic mass is 10.1. The zero-order valence-electron chi connectivity index (χ0n) is 10.4. The van der Waals surface area contributed by atoms with E-state index in [1.807, 2.05) is 0 Å². The first-order valence-electron chi connectivity index (χ1n) is 5.55. The maximum atomic E-state index is 12.0. The maximum absolute atomic E-state index is 12.0. The predicted octanol–water partition coefficient (Wildman–Crippen LogP) is 2.04. The fraction of sp³-hybridized carbons (Fsp3) is 0.231. The van der Waals surface area contributed by atoms with Crippen molar-refractivity contribution >= 4 is 17.3 Å². The molecule has 0 bridgehead atoms. The van der Waals surface area contributed by atoms with E-state index in [1.54, 1.807) is 13.8 Å². The molecule has 2 rings (SSSR count). The third kappa shape index (κ3) is 2.37. The minimum absolute atomic E-state index is 0.0381. The number of non-ortho nitro benzene ring substituents is 1. The van der Waals surface area contributed by atoms with Crippen molar-refractivity contribution in [3.8, 4) is 0 Å². The number of Topliss-reactive ketones (excluding diaryl/α,β-unsaturated/α-hetero) is 1. The highest BCUT2D eigenvalue weighted by molar-refractivity contribution is 6.14. The molecule has 1 aromatic carbocycles. The summed E-state index contributed by atoms with van der Waals surface area (Å²) in [5.74, 6) is -0.782. The first-order chi connectivity index (χ1) is 8.81. The number of ether oxygens (including phenoxy) is 1. The van der Waals surface area contributed by atoms with E-state index in [9.17, 15) is 19.7 Å². The fourth-order valence-electron chi connectivity index (χ4n) is 1.64. The largest absolute Gasteiger partial charge is 0.475 e. The van der Waals surface area contributed by atoms with E-state index >= 15 is 0 Å². The SMILES string of the molecule is CC1(C)OC(C(=O)c2ccc([N+](=O)[O-])cc2)=CC1=O. The van der Waals surface area contributed by atoms with Gasteiger partial charge in [-0.05, 0) is 26.0 Å². The number of ketones is 2. The van der Waals surface area contributed by atoms with Gasteiger partial charge in [-0.25, -0.2) is 0 Å². The average molecular weight is 261 g/mol. The van der Waals surface area contributed by atoms with Crippen molar-refractivity contribution in [1.29, 1.82) is 0 Å². The highest BCUT2D eigenvalue weighted by Crippen LogP contribution is 2.27. The highest BCUT2D eigenvalue weighted by Gasteiger charge is 2.37. The number of carbonyl (C=O) groups excluding carboxylic acids is 2. The standard InChI is InChI=1S/C13H11NO5/c1-13(2)11(15)7-10(19-13)12(16)8-3-5-9(6-4-8)14(17)18/h3-7H,1-2H3. The van der Waals surface area contributed by atoms with Crippen LogP contribution in [0, 0.1) is 10.1 Å². The van der Waals surface area contributed by atoms with Gasteiger partial charge in [0.15, 0.2) is 11.4 Å². The van der Waals surface area contributed by atoms with Crippen LogP contribution in [0.3, 0.4) is 0 Å². The van der Waals surface area contributed by atoms with Crippen LogP contribution in [-0.4, -0.2) is 22.1 Å². The van der Waals surface area contributed by atoms with Gasteiger partial charge in [-0.3, -0.25) is 19.7 Å². The average Bonchev–Trinajstić information content (AvgIpc) is 2.63. The number of rotatable bonds is 3. The summed E-state index contributed by atoms with van der Waals surface area (Å²) in [4.78, 5) is 33.5. The second-order valence-electron chi connectivity index (χ2n) is 4.62. The monoisotopic (exact) mass is 261 g/mol. The molecule has 0 aliphatic carbocycles. The molecule has 0 atom stereocenters. The Kier molecular flexibility index (Phi) is 2.94. The van der Waals surface area contributed by atoms with Gasteiger partial charge < -0.3 is 4.74 Å².